The van der Waals surface area contributed by atoms with Gasteiger partial charge in [-0.25, -0.2) is 9.97 Å². The average Bonchev–Trinajstić information content (AvgIpc) is 2.30. The second kappa shape index (κ2) is 6.14. The average molecular weight is 207 g/mol. The Morgan fingerprint density at radius 2 is 2.40 bits per heavy atom. The van der Waals surface area contributed by atoms with Gasteiger partial charge < -0.3 is 10.1 Å². The summed E-state index contributed by atoms with van der Waals surface area (Å²) in [6.07, 6.45) is 5.35. The first kappa shape index (κ1) is 11.7. The third kappa shape index (κ3) is 3.32. The Labute approximate surface area is 90.4 Å². The highest BCUT2D eigenvalue weighted by Crippen LogP contribution is 2.18. The molecule has 4 heteroatoms. The molecule has 1 heterocycles. The molecule has 0 aliphatic rings. The zero-order chi connectivity index (χ0) is 11.1. The van der Waals surface area contributed by atoms with Gasteiger partial charge in [0.25, 0.3) is 0 Å². The van der Waals surface area contributed by atoms with Crippen molar-refractivity contribution in [3.05, 3.63) is 30.7 Å². The molecule has 1 rings (SSSR count). The van der Waals surface area contributed by atoms with Crippen LogP contribution in [0.4, 0.5) is 0 Å². The maximum atomic E-state index is 5.05. The fraction of sp³-hybridized carbons (Fsp3) is 0.455. The highest BCUT2D eigenvalue weighted by atomic mass is 16.5. The van der Waals surface area contributed by atoms with E-state index < -0.39 is 0 Å². The summed E-state index contributed by atoms with van der Waals surface area (Å²) in [5.74, 6) is 0.596. The predicted molar refractivity (Wildman–Crippen MR) is 59.8 cm³/mol. The van der Waals surface area contributed by atoms with Gasteiger partial charge in [-0.2, -0.15) is 0 Å². The van der Waals surface area contributed by atoms with Crippen LogP contribution in [0, 0.1) is 0 Å². The molecule has 1 N–H and O–H groups in total. The molecule has 0 aromatic carbocycles. The largest absolute Gasteiger partial charge is 0.481 e. The molecular formula is C11H17N3O. The van der Waals surface area contributed by atoms with Gasteiger partial charge in [0.15, 0.2) is 0 Å². The number of rotatable bonds is 6. The number of methoxy groups -OCH3 is 1. The minimum atomic E-state index is 0.222. The Bertz CT molecular complexity index is 314. The summed E-state index contributed by atoms with van der Waals surface area (Å²) in [4.78, 5) is 8.20. The van der Waals surface area contributed by atoms with Crippen LogP contribution in [0.2, 0.25) is 0 Å². The van der Waals surface area contributed by atoms with Crippen molar-refractivity contribution in [1.82, 2.24) is 15.3 Å². The van der Waals surface area contributed by atoms with Crippen LogP contribution in [0.5, 0.6) is 5.88 Å². The molecule has 0 fully saturated rings. The molecule has 0 saturated heterocycles. The predicted octanol–water partition coefficient (Wildman–Crippen LogP) is 1.71. The van der Waals surface area contributed by atoms with E-state index in [1.807, 2.05) is 19.2 Å². The van der Waals surface area contributed by atoms with Crippen molar-refractivity contribution >= 4 is 0 Å². The summed E-state index contributed by atoms with van der Waals surface area (Å²) in [5.41, 5.74) is 0.950. The zero-order valence-corrected chi connectivity index (χ0v) is 9.23. The van der Waals surface area contributed by atoms with Gasteiger partial charge >= 0.3 is 0 Å². The molecule has 4 nitrogen and oxygen atoms in total. The lowest BCUT2D eigenvalue weighted by atomic mass is 10.1. The van der Waals surface area contributed by atoms with Gasteiger partial charge in [-0.15, -0.1) is 6.58 Å². The molecule has 1 unspecified atom stereocenters. The van der Waals surface area contributed by atoms with Crippen LogP contribution in [0.15, 0.2) is 25.0 Å². The summed E-state index contributed by atoms with van der Waals surface area (Å²) >= 11 is 0. The number of nitrogens with zero attached hydrogens (tertiary/aromatic N) is 2. The molecule has 82 valence electrons. The summed E-state index contributed by atoms with van der Waals surface area (Å²) < 4.78 is 5.05. The van der Waals surface area contributed by atoms with E-state index in [0.717, 1.165) is 18.5 Å². The highest BCUT2D eigenvalue weighted by molar-refractivity contribution is 5.16. The van der Waals surface area contributed by atoms with Crippen LogP contribution in [0.3, 0.4) is 0 Å². The Hall–Kier alpha value is -1.42. The molecule has 0 aliphatic carbocycles. The van der Waals surface area contributed by atoms with E-state index in [0.29, 0.717) is 5.88 Å². The topological polar surface area (TPSA) is 47.0 Å². The van der Waals surface area contributed by atoms with E-state index in [9.17, 15) is 0 Å². The first-order valence-corrected chi connectivity index (χ1v) is 4.96. The Morgan fingerprint density at radius 3 is 3.00 bits per heavy atom. The number of hydrogen-bond acceptors (Lipinski definition) is 4. The Morgan fingerprint density at radius 1 is 1.60 bits per heavy atom. The quantitative estimate of drug-likeness (QED) is 0.721. The minimum Gasteiger partial charge on any atom is -0.481 e. The van der Waals surface area contributed by atoms with Crippen LogP contribution in [-0.4, -0.2) is 24.1 Å². The molecule has 0 aliphatic heterocycles. The third-order valence-electron chi connectivity index (χ3n) is 2.24. The van der Waals surface area contributed by atoms with Crippen molar-refractivity contribution in [2.75, 3.05) is 14.2 Å². The van der Waals surface area contributed by atoms with Crippen LogP contribution in [-0.2, 0) is 0 Å². The van der Waals surface area contributed by atoms with Crippen LogP contribution < -0.4 is 10.1 Å². The lowest BCUT2D eigenvalue weighted by Gasteiger charge is -2.14. The lowest BCUT2D eigenvalue weighted by molar-refractivity contribution is 0.394. The maximum Gasteiger partial charge on any atom is 0.216 e. The van der Waals surface area contributed by atoms with Crippen molar-refractivity contribution < 1.29 is 4.74 Å². The Kier molecular flexibility index (Phi) is 4.77. The number of aromatic nitrogens is 2. The van der Waals surface area contributed by atoms with Gasteiger partial charge in [-0.1, -0.05) is 6.08 Å². The van der Waals surface area contributed by atoms with Gasteiger partial charge in [-0.3, -0.25) is 0 Å². The number of allylic oxidation sites excluding steroid dienone is 1. The van der Waals surface area contributed by atoms with Gasteiger partial charge in [0.2, 0.25) is 5.88 Å². The molecule has 0 saturated carbocycles. The van der Waals surface area contributed by atoms with Crippen LogP contribution in [0.25, 0.3) is 0 Å². The van der Waals surface area contributed by atoms with E-state index in [-0.39, 0.29) is 6.04 Å². The first-order valence-electron chi connectivity index (χ1n) is 4.96. The molecule has 1 atom stereocenters. The fourth-order valence-electron chi connectivity index (χ4n) is 1.38. The molecule has 0 bridgehead atoms. The zero-order valence-electron chi connectivity index (χ0n) is 9.23. The van der Waals surface area contributed by atoms with E-state index in [4.69, 9.17) is 4.74 Å². The molecule has 1 aromatic heterocycles. The second-order valence-electron chi connectivity index (χ2n) is 3.19. The SMILES string of the molecule is C=CCCC(NC)c1cc(OC)ncn1. The van der Waals surface area contributed by atoms with Crippen molar-refractivity contribution in [1.29, 1.82) is 0 Å². The molecule has 0 radical (unpaired) electrons. The fourth-order valence-corrected chi connectivity index (χ4v) is 1.38. The number of nitrogens with one attached hydrogen (secondary N) is 1. The van der Waals surface area contributed by atoms with Gasteiger partial charge in [-0.05, 0) is 19.9 Å². The first-order chi connectivity index (χ1) is 7.31. The second-order valence-corrected chi connectivity index (χ2v) is 3.19. The number of ether oxygens (including phenoxy) is 1. The normalized spacial score (nSPS) is 12.1. The van der Waals surface area contributed by atoms with Crippen LogP contribution >= 0.6 is 0 Å². The monoisotopic (exact) mass is 207 g/mol. The molecule has 1 aromatic rings. The van der Waals surface area contributed by atoms with Crippen molar-refractivity contribution in [2.24, 2.45) is 0 Å². The maximum absolute atomic E-state index is 5.05. The van der Waals surface area contributed by atoms with Crippen molar-refractivity contribution in [3.63, 3.8) is 0 Å². The minimum absolute atomic E-state index is 0.222. The summed E-state index contributed by atoms with van der Waals surface area (Å²) in [7, 11) is 3.52. The van der Waals surface area contributed by atoms with Crippen LogP contribution in [0.1, 0.15) is 24.6 Å². The Balaban J connectivity index is 2.76. The van der Waals surface area contributed by atoms with E-state index in [1.165, 1.54) is 6.33 Å². The molecule has 0 spiro atoms. The lowest BCUT2D eigenvalue weighted by Crippen LogP contribution is -2.17. The van der Waals surface area contributed by atoms with Gasteiger partial charge in [0, 0.05) is 12.1 Å². The van der Waals surface area contributed by atoms with E-state index >= 15 is 0 Å². The smallest absolute Gasteiger partial charge is 0.216 e. The van der Waals surface area contributed by atoms with E-state index in [1.54, 1.807) is 7.11 Å². The molecule has 0 amide bonds. The highest BCUT2D eigenvalue weighted by Gasteiger charge is 2.10. The van der Waals surface area contributed by atoms with Gasteiger partial charge in [0.05, 0.1) is 12.8 Å². The molecule has 15 heavy (non-hydrogen) atoms. The van der Waals surface area contributed by atoms with Crippen molar-refractivity contribution in [2.45, 2.75) is 18.9 Å². The standard InChI is InChI=1S/C11H17N3O/c1-4-5-6-9(12-2)10-7-11(15-3)14-8-13-10/h4,7-9,12H,1,5-6H2,2-3H3. The number of hydrogen-bond donors (Lipinski definition) is 1. The van der Waals surface area contributed by atoms with Gasteiger partial charge in [0.1, 0.15) is 6.33 Å². The van der Waals surface area contributed by atoms with E-state index in [2.05, 4.69) is 21.9 Å². The summed E-state index contributed by atoms with van der Waals surface area (Å²) in [5, 5.41) is 3.21. The third-order valence-corrected chi connectivity index (χ3v) is 2.24. The van der Waals surface area contributed by atoms with Crippen molar-refractivity contribution in [3.8, 4) is 5.88 Å². The summed E-state index contributed by atoms with van der Waals surface area (Å²) in [6.45, 7) is 3.71. The molecular weight excluding hydrogens is 190 g/mol. The summed E-state index contributed by atoms with van der Waals surface area (Å²) in [6, 6.07) is 2.07.